The molecule has 2 aromatic carbocycles. The van der Waals surface area contributed by atoms with Gasteiger partial charge in [-0.1, -0.05) is 6.07 Å². The SMILES string of the molecule is COc1ccc2c(c1)C(=O)N(C[C@H](NC(=O)NC=O)c1cc3cc4c(cc3o1)[C@@H](NC(=O)OC(C)(C)C)CC4)C2. The Morgan fingerprint density at radius 2 is 1.98 bits per heavy atom. The van der Waals surface area contributed by atoms with Crippen LogP contribution in [0.4, 0.5) is 9.59 Å². The summed E-state index contributed by atoms with van der Waals surface area (Å²) in [5.41, 5.74) is 3.40. The van der Waals surface area contributed by atoms with Crippen LogP contribution in [-0.4, -0.2) is 48.6 Å². The van der Waals surface area contributed by atoms with Crippen molar-refractivity contribution >= 4 is 35.4 Å². The Morgan fingerprint density at radius 3 is 2.70 bits per heavy atom. The average Bonchev–Trinajstić information content (AvgIpc) is 3.56. The predicted molar refractivity (Wildman–Crippen MR) is 145 cm³/mol. The van der Waals surface area contributed by atoms with E-state index in [2.05, 4.69) is 16.0 Å². The predicted octanol–water partition coefficient (Wildman–Crippen LogP) is 4.11. The molecule has 40 heavy (non-hydrogen) atoms. The smallest absolute Gasteiger partial charge is 0.408 e. The fourth-order valence-electron chi connectivity index (χ4n) is 5.23. The first-order valence-electron chi connectivity index (χ1n) is 13.1. The molecule has 0 bridgehead atoms. The van der Waals surface area contributed by atoms with E-state index in [4.69, 9.17) is 13.9 Å². The summed E-state index contributed by atoms with van der Waals surface area (Å²) in [5, 5.41) is 8.59. The first-order valence-corrected chi connectivity index (χ1v) is 13.1. The number of amides is 5. The van der Waals surface area contributed by atoms with E-state index in [0.717, 1.165) is 34.9 Å². The topological polar surface area (TPSA) is 139 Å². The molecule has 2 aliphatic rings. The van der Waals surface area contributed by atoms with E-state index < -0.39 is 23.8 Å². The van der Waals surface area contributed by atoms with Gasteiger partial charge in [-0.15, -0.1) is 0 Å². The molecule has 2 atom stereocenters. The number of rotatable bonds is 7. The number of hydrogen-bond donors (Lipinski definition) is 3. The Kier molecular flexibility index (Phi) is 7.14. The highest BCUT2D eigenvalue weighted by molar-refractivity contribution is 5.98. The minimum absolute atomic E-state index is 0.116. The van der Waals surface area contributed by atoms with E-state index in [1.807, 2.05) is 45.0 Å². The van der Waals surface area contributed by atoms with Gasteiger partial charge < -0.3 is 29.4 Å². The van der Waals surface area contributed by atoms with Gasteiger partial charge in [-0.25, -0.2) is 9.59 Å². The number of nitrogens with zero attached hydrogens (tertiary/aromatic N) is 1. The standard InChI is InChI=1S/C29H32N4O7/c1-29(2,3)40-28(37)32-22-8-6-16-9-18-10-25(39-24(18)12-20(16)22)23(31-27(36)30-15-34)14-33-13-17-5-7-19(38-4)11-21(17)26(33)35/h5,7,9-12,15,22-23H,6,8,13-14H2,1-4H3,(H,32,37)(H2,30,31,34,36)/t22-,23-/m0/s1. The monoisotopic (exact) mass is 548 g/mol. The zero-order chi connectivity index (χ0) is 28.6. The number of furan rings is 1. The molecule has 1 aliphatic carbocycles. The van der Waals surface area contributed by atoms with Gasteiger partial charge in [-0.05, 0) is 80.6 Å². The van der Waals surface area contributed by atoms with Gasteiger partial charge in [-0.3, -0.25) is 14.9 Å². The van der Waals surface area contributed by atoms with E-state index in [-0.39, 0.29) is 24.9 Å². The molecule has 3 aromatic rings. The third kappa shape index (κ3) is 5.58. The lowest BCUT2D eigenvalue weighted by Gasteiger charge is -2.23. The first kappa shape index (κ1) is 27.0. The van der Waals surface area contributed by atoms with Crippen molar-refractivity contribution in [1.29, 1.82) is 0 Å². The molecule has 1 aliphatic heterocycles. The van der Waals surface area contributed by atoms with E-state index in [9.17, 15) is 19.2 Å². The summed E-state index contributed by atoms with van der Waals surface area (Å²) < 4.78 is 16.9. The maximum atomic E-state index is 13.2. The highest BCUT2D eigenvalue weighted by atomic mass is 16.6. The fraction of sp³-hybridized carbons (Fsp3) is 0.379. The molecule has 0 saturated heterocycles. The molecule has 2 heterocycles. The van der Waals surface area contributed by atoms with Gasteiger partial charge in [0, 0.05) is 24.0 Å². The van der Waals surface area contributed by atoms with Gasteiger partial charge in [0.25, 0.3) is 5.91 Å². The number of carbonyl (C=O) groups excluding carboxylic acids is 4. The molecule has 210 valence electrons. The number of aryl methyl sites for hydroxylation is 1. The van der Waals surface area contributed by atoms with Crippen molar-refractivity contribution in [3.63, 3.8) is 0 Å². The van der Waals surface area contributed by atoms with Crippen LogP contribution in [0.2, 0.25) is 0 Å². The van der Waals surface area contributed by atoms with Gasteiger partial charge in [0.1, 0.15) is 28.7 Å². The number of fused-ring (bicyclic) bond motifs is 3. The van der Waals surface area contributed by atoms with E-state index in [1.54, 1.807) is 17.0 Å². The number of benzene rings is 2. The average molecular weight is 549 g/mol. The van der Waals surface area contributed by atoms with Crippen LogP contribution in [0.1, 0.15) is 72.1 Å². The van der Waals surface area contributed by atoms with Crippen LogP contribution in [0, 0.1) is 0 Å². The van der Waals surface area contributed by atoms with Crippen LogP contribution in [-0.2, 0) is 22.5 Å². The molecule has 0 unspecified atom stereocenters. The first-order chi connectivity index (χ1) is 19.0. The summed E-state index contributed by atoms with van der Waals surface area (Å²) >= 11 is 0. The largest absolute Gasteiger partial charge is 0.497 e. The van der Waals surface area contributed by atoms with Crippen LogP contribution < -0.4 is 20.7 Å². The molecule has 0 saturated carbocycles. The summed E-state index contributed by atoms with van der Waals surface area (Å²) in [6.45, 7) is 5.92. The Bertz CT molecular complexity index is 1490. The number of nitrogens with one attached hydrogen (secondary N) is 3. The van der Waals surface area contributed by atoms with E-state index in [0.29, 0.717) is 29.2 Å². The molecular formula is C29H32N4O7. The highest BCUT2D eigenvalue weighted by Gasteiger charge is 2.33. The van der Waals surface area contributed by atoms with Crippen molar-refractivity contribution in [1.82, 2.24) is 20.9 Å². The minimum Gasteiger partial charge on any atom is -0.497 e. The third-order valence-corrected chi connectivity index (χ3v) is 7.00. The molecule has 0 fully saturated rings. The van der Waals surface area contributed by atoms with Crippen molar-refractivity contribution in [3.8, 4) is 5.75 Å². The normalized spacial score (nSPS) is 16.8. The molecule has 1 aromatic heterocycles. The van der Waals surface area contributed by atoms with Crippen LogP contribution in [0.15, 0.2) is 40.8 Å². The molecule has 0 spiro atoms. The van der Waals surface area contributed by atoms with Crippen molar-refractivity contribution in [2.75, 3.05) is 13.7 Å². The second-order valence-electron chi connectivity index (χ2n) is 11.0. The molecule has 3 N–H and O–H groups in total. The Hall–Kier alpha value is -4.54. The number of carbonyl (C=O) groups is 4. The second-order valence-corrected chi connectivity index (χ2v) is 11.0. The van der Waals surface area contributed by atoms with Crippen LogP contribution >= 0.6 is 0 Å². The number of methoxy groups -OCH3 is 1. The highest BCUT2D eigenvalue weighted by Crippen LogP contribution is 2.37. The zero-order valence-corrected chi connectivity index (χ0v) is 22.8. The van der Waals surface area contributed by atoms with Crippen molar-refractivity contribution in [3.05, 3.63) is 64.4 Å². The molecule has 11 nitrogen and oxygen atoms in total. The van der Waals surface area contributed by atoms with E-state index >= 15 is 0 Å². The summed E-state index contributed by atoms with van der Waals surface area (Å²) in [6.07, 6.45) is 1.33. The van der Waals surface area contributed by atoms with Crippen molar-refractivity contribution in [2.24, 2.45) is 0 Å². The molecule has 5 amide bonds. The maximum Gasteiger partial charge on any atom is 0.408 e. The molecule has 11 heteroatoms. The maximum absolute atomic E-state index is 13.2. The lowest BCUT2D eigenvalue weighted by Crippen LogP contribution is -2.42. The van der Waals surface area contributed by atoms with E-state index in [1.165, 1.54) is 7.11 Å². The quantitative estimate of drug-likeness (QED) is 0.378. The number of imide groups is 1. The van der Waals surface area contributed by atoms with Gasteiger partial charge in [0.05, 0.1) is 13.2 Å². The lowest BCUT2D eigenvalue weighted by atomic mass is 10.1. The summed E-state index contributed by atoms with van der Waals surface area (Å²) in [6, 6.07) is 9.41. The number of urea groups is 1. The van der Waals surface area contributed by atoms with Gasteiger partial charge >= 0.3 is 12.1 Å². The van der Waals surface area contributed by atoms with Crippen molar-refractivity contribution in [2.45, 2.75) is 57.8 Å². The summed E-state index contributed by atoms with van der Waals surface area (Å²) in [5.74, 6) is 0.819. The Labute approximate surface area is 231 Å². The number of ether oxygens (including phenoxy) is 2. The number of alkyl carbamates (subject to hydrolysis) is 1. The van der Waals surface area contributed by atoms with Crippen LogP contribution in [0.3, 0.4) is 0 Å². The van der Waals surface area contributed by atoms with Crippen molar-refractivity contribution < 1.29 is 33.1 Å². The summed E-state index contributed by atoms with van der Waals surface area (Å²) in [4.78, 5) is 50.4. The second kappa shape index (κ2) is 10.6. The molecule has 5 rings (SSSR count). The lowest BCUT2D eigenvalue weighted by molar-refractivity contribution is -0.108. The summed E-state index contributed by atoms with van der Waals surface area (Å²) in [7, 11) is 1.54. The third-order valence-electron chi connectivity index (χ3n) is 7.00. The van der Waals surface area contributed by atoms with Gasteiger partial charge in [0.2, 0.25) is 6.41 Å². The van der Waals surface area contributed by atoms with Gasteiger partial charge in [0.15, 0.2) is 0 Å². The number of hydrogen-bond acceptors (Lipinski definition) is 7. The molecular weight excluding hydrogens is 516 g/mol. The fourth-order valence-corrected chi connectivity index (χ4v) is 5.23. The van der Waals surface area contributed by atoms with Crippen LogP contribution in [0.5, 0.6) is 5.75 Å². The Morgan fingerprint density at radius 1 is 1.18 bits per heavy atom. The minimum atomic E-state index is -0.738. The van der Waals surface area contributed by atoms with Gasteiger partial charge in [-0.2, -0.15) is 0 Å². The Balaban J connectivity index is 1.40. The zero-order valence-electron chi connectivity index (χ0n) is 22.8. The molecule has 0 radical (unpaired) electrons. The van der Waals surface area contributed by atoms with Crippen LogP contribution in [0.25, 0.3) is 11.0 Å².